The average Bonchev–Trinajstić information content (AvgIpc) is 3.13. The molecule has 0 radical (unpaired) electrons. The number of hydrogen-bond donors (Lipinski definition) is 1. The van der Waals surface area contributed by atoms with Gasteiger partial charge in [0.15, 0.2) is 0 Å². The lowest BCUT2D eigenvalue weighted by Crippen LogP contribution is -2.42. The van der Waals surface area contributed by atoms with Crippen molar-refractivity contribution in [3.8, 4) is 11.5 Å². The maximum Gasteiger partial charge on any atom is 0.226 e. The van der Waals surface area contributed by atoms with Crippen molar-refractivity contribution in [2.45, 2.75) is 39.8 Å². The summed E-state index contributed by atoms with van der Waals surface area (Å²) in [5.41, 5.74) is 3.95. The summed E-state index contributed by atoms with van der Waals surface area (Å²) in [6, 6.07) is 14.3. The number of likely N-dealkylation sites (tertiary alicyclic amines) is 1. The van der Waals surface area contributed by atoms with E-state index in [0.29, 0.717) is 25.5 Å². The number of benzene rings is 2. The molecule has 162 valence electrons. The van der Waals surface area contributed by atoms with E-state index in [4.69, 9.17) is 9.40 Å². The first-order chi connectivity index (χ1) is 15.0. The number of aromatic nitrogens is 1. The largest absolute Gasteiger partial charge is 0.441 e. The summed E-state index contributed by atoms with van der Waals surface area (Å²) in [5.74, 6) is 1.19. The molecule has 1 aliphatic heterocycles. The molecule has 3 aromatic rings. The number of nitrogens with zero attached hydrogens (tertiary/aromatic N) is 2. The standard InChI is InChI=1S/C25H28FN3O2/c1-17-6-3-4-8-22(17)25-28-23(18(2)31-25)16-29-13-5-7-20(15-29)24(30)27-14-19-9-11-21(26)12-10-19/h3-4,6,8-12,20H,5,7,13-16H2,1-2H3,(H,27,30). The van der Waals surface area contributed by atoms with Crippen molar-refractivity contribution in [3.05, 3.63) is 76.9 Å². The van der Waals surface area contributed by atoms with E-state index in [9.17, 15) is 9.18 Å². The summed E-state index contributed by atoms with van der Waals surface area (Å²) >= 11 is 0. The fraction of sp³-hybridized carbons (Fsp3) is 0.360. The summed E-state index contributed by atoms with van der Waals surface area (Å²) in [6.45, 7) is 6.71. The minimum absolute atomic E-state index is 0.0477. The molecule has 1 fully saturated rings. The van der Waals surface area contributed by atoms with Crippen LogP contribution < -0.4 is 5.32 Å². The lowest BCUT2D eigenvalue weighted by molar-refractivity contribution is -0.127. The van der Waals surface area contributed by atoms with E-state index in [1.165, 1.54) is 12.1 Å². The van der Waals surface area contributed by atoms with E-state index in [1.54, 1.807) is 12.1 Å². The number of nitrogens with one attached hydrogen (secondary N) is 1. The van der Waals surface area contributed by atoms with E-state index in [2.05, 4.69) is 10.2 Å². The minimum atomic E-state index is -0.272. The number of hydrogen-bond acceptors (Lipinski definition) is 4. The first-order valence-electron chi connectivity index (χ1n) is 10.8. The van der Waals surface area contributed by atoms with Gasteiger partial charge in [-0.15, -0.1) is 0 Å². The molecule has 2 heterocycles. The molecule has 4 rings (SSSR count). The second-order valence-electron chi connectivity index (χ2n) is 8.26. The van der Waals surface area contributed by atoms with Gasteiger partial charge in [0.2, 0.25) is 11.8 Å². The Balaban J connectivity index is 1.36. The highest BCUT2D eigenvalue weighted by atomic mass is 19.1. The van der Waals surface area contributed by atoms with Crippen molar-refractivity contribution >= 4 is 5.91 Å². The molecular weight excluding hydrogens is 393 g/mol. The smallest absolute Gasteiger partial charge is 0.226 e. The Morgan fingerprint density at radius 1 is 1.19 bits per heavy atom. The lowest BCUT2D eigenvalue weighted by Gasteiger charge is -2.31. The minimum Gasteiger partial charge on any atom is -0.441 e. The maximum absolute atomic E-state index is 13.0. The number of aryl methyl sites for hydroxylation is 2. The lowest BCUT2D eigenvalue weighted by atomic mass is 9.97. The predicted molar refractivity (Wildman–Crippen MR) is 118 cm³/mol. The van der Waals surface area contributed by atoms with E-state index >= 15 is 0 Å². The SMILES string of the molecule is Cc1ccccc1-c1nc(CN2CCCC(C(=O)NCc3ccc(F)cc3)C2)c(C)o1. The molecule has 1 amide bonds. The second-order valence-corrected chi connectivity index (χ2v) is 8.26. The number of oxazole rings is 1. The van der Waals surface area contributed by atoms with Gasteiger partial charge in [-0.1, -0.05) is 30.3 Å². The van der Waals surface area contributed by atoms with E-state index in [-0.39, 0.29) is 17.6 Å². The van der Waals surface area contributed by atoms with Gasteiger partial charge in [0, 0.05) is 25.2 Å². The first kappa shape index (κ1) is 21.2. The molecule has 1 saturated heterocycles. The van der Waals surface area contributed by atoms with E-state index in [0.717, 1.165) is 47.5 Å². The van der Waals surface area contributed by atoms with Crippen LogP contribution in [0.3, 0.4) is 0 Å². The molecule has 2 aromatic carbocycles. The van der Waals surface area contributed by atoms with Crippen LogP contribution in [-0.2, 0) is 17.9 Å². The van der Waals surface area contributed by atoms with Gasteiger partial charge < -0.3 is 9.73 Å². The Morgan fingerprint density at radius 2 is 1.97 bits per heavy atom. The third-order valence-corrected chi connectivity index (χ3v) is 5.90. The number of piperidine rings is 1. The maximum atomic E-state index is 13.0. The van der Waals surface area contributed by atoms with Crippen LogP contribution in [0.2, 0.25) is 0 Å². The van der Waals surface area contributed by atoms with Crippen LogP contribution >= 0.6 is 0 Å². The Bertz CT molecular complexity index is 1050. The molecule has 5 nitrogen and oxygen atoms in total. The molecule has 1 aliphatic rings. The zero-order chi connectivity index (χ0) is 21.8. The van der Waals surface area contributed by atoms with Crippen LogP contribution in [0.4, 0.5) is 4.39 Å². The van der Waals surface area contributed by atoms with Crippen molar-refractivity contribution < 1.29 is 13.6 Å². The van der Waals surface area contributed by atoms with Gasteiger partial charge in [0.1, 0.15) is 11.6 Å². The fourth-order valence-electron chi connectivity index (χ4n) is 4.06. The Labute approximate surface area is 182 Å². The molecule has 6 heteroatoms. The molecular formula is C25H28FN3O2. The number of carbonyl (C=O) groups is 1. The van der Waals surface area contributed by atoms with Crippen LogP contribution in [-0.4, -0.2) is 28.9 Å². The summed E-state index contributed by atoms with van der Waals surface area (Å²) in [6.07, 6.45) is 1.84. The van der Waals surface area contributed by atoms with Gasteiger partial charge in [-0.2, -0.15) is 0 Å². The molecule has 31 heavy (non-hydrogen) atoms. The third kappa shape index (κ3) is 5.20. The molecule has 1 unspecified atom stereocenters. The highest BCUT2D eigenvalue weighted by molar-refractivity contribution is 5.79. The van der Waals surface area contributed by atoms with E-state index < -0.39 is 0 Å². The summed E-state index contributed by atoms with van der Waals surface area (Å²) < 4.78 is 19.0. The molecule has 1 aromatic heterocycles. The Morgan fingerprint density at radius 3 is 2.74 bits per heavy atom. The topological polar surface area (TPSA) is 58.4 Å². The summed E-state index contributed by atoms with van der Waals surface area (Å²) in [4.78, 5) is 19.7. The molecule has 1 N–H and O–H groups in total. The molecule has 0 aliphatic carbocycles. The van der Waals surface area contributed by atoms with Gasteiger partial charge in [-0.05, 0) is 62.6 Å². The fourth-order valence-corrected chi connectivity index (χ4v) is 4.06. The van der Waals surface area contributed by atoms with Crippen LogP contribution in [0.1, 0.15) is 35.4 Å². The van der Waals surface area contributed by atoms with Gasteiger partial charge in [-0.3, -0.25) is 9.69 Å². The first-order valence-corrected chi connectivity index (χ1v) is 10.8. The second kappa shape index (κ2) is 9.43. The van der Waals surface area contributed by atoms with Crippen LogP contribution in [0.15, 0.2) is 52.9 Å². The quantitative estimate of drug-likeness (QED) is 0.631. The zero-order valence-corrected chi connectivity index (χ0v) is 18.0. The van der Waals surface area contributed by atoms with Gasteiger partial charge >= 0.3 is 0 Å². The number of amides is 1. The third-order valence-electron chi connectivity index (χ3n) is 5.90. The normalized spacial score (nSPS) is 16.9. The Hall–Kier alpha value is -2.99. The highest BCUT2D eigenvalue weighted by Gasteiger charge is 2.27. The zero-order valence-electron chi connectivity index (χ0n) is 18.0. The van der Waals surface area contributed by atoms with Crippen LogP contribution in [0.25, 0.3) is 11.5 Å². The summed E-state index contributed by atoms with van der Waals surface area (Å²) in [5, 5.41) is 2.99. The molecule has 0 saturated carbocycles. The Kier molecular flexibility index (Phi) is 6.47. The van der Waals surface area contributed by atoms with Gasteiger partial charge in [0.25, 0.3) is 0 Å². The van der Waals surface area contributed by atoms with Gasteiger partial charge in [0.05, 0.1) is 11.6 Å². The molecule has 0 bridgehead atoms. The molecule has 0 spiro atoms. The van der Waals surface area contributed by atoms with Crippen molar-refractivity contribution in [2.75, 3.05) is 13.1 Å². The van der Waals surface area contributed by atoms with Crippen molar-refractivity contribution in [1.29, 1.82) is 0 Å². The van der Waals surface area contributed by atoms with Crippen molar-refractivity contribution in [2.24, 2.45) is 5.92 Å². The summed E-state index contributed by atoms with van der Waals surface area (Å²) in [7, 11) is 0. The van der Waals surface area contributed by atoms with Crippen molar-refractivity contribution in [1.82, 2.24) is 15.2 Å². The van der Waals surface area contributed by atoms with Crippen LogP contribution in [0, 0.1) is 25.6 Å². The average molecular weight is 422 g/mol. The predicted octanol–water partition coefficient (Wildman–Crippen LogP) is 4.63. The highest BCUT2D eigenvalue weighted by Crippen LogP contribution is 2.26. The number of carbonyl (C=O) groups excluding carboxylic acids is 1. The number of rotatable bonds is 6. The molecule has 1 atom stereocenters. The van der Waals surface area contributed by atoms with E-state index in [1.807, 2.05) is 38.1 Å². The number of halogens is 1. The van der Waals surface area contributed by atoms with Gasteiger partial charge in [-0.25, -0.2) is 9.37 Å². The van der Waals surface area contributed by atoms with Crippen LogP contribution in [0.5, 0.6) is 0 Å². The van der Waals surface area contributed by atoms with Crippen molar-refractivity contribution in [3.63, 3.8) is 0 Å². The monoisotopic (exact) mass is 421 g/mol.